The van der Waals surface area contributed by atoms with Gasteiger partial charge in [-0.05, 0) is 57.9 Å². The molecule has 2 unspecified atom stereocenters. The Labute approximate surface area is 118 Å². The molecule has 2 aliphatic heterocycles. The molecule has 0 spiro atoms. The van der Waals surface area contributed by atoms with Crippen molar-refractivity contribution in [1.82, 2.24) is 5.32 Å². The summed E-state index contributed by atoms with van der Waals surface area (Å²) in [6.07, 6.45) is 10.2. The molecule has 3 nitrogen and oxygen atoms in total. The molecule has 0 radical (unpaired) electrons. The van der Waals surface area contributed by atoms with Crippen LogP contribution in [0, 0.1) is 0 Å². The second-order valence-corrected chi connectivity index (χ2v) is 6.16. The Kier molecular flexibility index (Phi) is 6.11. The van der Waals surface area contributed by atoms with Crippen LogP contribution in [0.25, 0.3) is 0 Å². The maximum absolute atomic E-state index is 6.02. The summed E-state index contributed by atoms with van der Waals surface area (Å²) in [6, 6.07) is 0.651. The Morgan fingerprint density at radius 3 is 2.68 bits per heavy atom. The number of ether oxygens (including phenoxy) is 2. The van der Waals surface area contributed by atoms with Crippen molar-refractivity contribution in [2.24, 2.45) is 0 Å². The van der Waals surface area contributed by atoms with Gasteiger partial charge in [-0.25, -0.2) is 0 Å². The highest BCUT2D eigenvalue weighted by Crippen LogP contribution is 2.31. The molecule has 1 N–H and O–H groups in total. The van der Waals surface area contributed by atoms with E-state index in [0.717, 1.165) is 32.6 Å². The molecule has 19 heavy (non-hydrogen) atoms. The van der Waals surface area contributed by atoms with Gasteiger partial charge in [-0.15, -0.1) is 0 Å². The fraction of sp³-hybridized carbons (Fsp3) is 1.00. The predicted octanol–water partition coefficient (Wildman–Crippen LogP) is 3.27. The van der Waals surface area contributed by atoms with E-state index in [-0.39, 0.29) is 5.60 Å². The molecule has 2 atom stereocenters. The lowest BCUT2D eigenvalue weighted by atomic mass is 9.86. The van der Waals surface area contributed by atoms with Crippen LogP contribution < -0.4 is 5.32 Å². The van der Waals surface area contributed by atoms with Crippen LogP contribution in [-0.2, 0) is 9.47 Å². The van der Waals surface area contributed by atoms with Gasteiger partial charge in [0, 0.05) is 19.3 Å². The van der Waals surface area contributed by atoms with Gasteiger partial charge in [0.25, 0.3) is 0 Å². The summed E-state index contributed by atoms with van der Waals surface area (Å²) >= 11 is 0. The molecule has 2 aliphatic rings. The molecule has 0 bridgehead atoms. The lowest BCUT2D eigenvalue weighted by molar-refractivity contribution is -0.0930. The van der Waals surface area contributed by atoms with Crippen LogP contribution in [0.4, 0.5) is 0 Å². The summed E-state index contributed by atoms with van der Waals surface area (Å²) in [7, 11) is 0. The van der Waals surface area contributed by atoms with E-state index >= 15 is 0 Å². The summed E-state index contributed by atoms with van der Waals surface area (Å²) in [5.74, 6) is 0. The Morgan fingerprint density at radius 2 is 2.00 bits per heavy atom. The van der Waals surface area contributed by atoms with Crippen LogP contribution in [0.2, 0.25) is 0 Å². The van der Waals surface area contributed by atoms with Crippen LogP contribution in [0.15, 0.2) is 0 Å². The van der Waals surface area contributed by atoms with E-state index in [1.807, 2.05) is 0 Å². The largest absolute Gasteiger partial charge is 0.378 e. The molecule has 0 aromatic carbocycles. The van der Waals surface area contributed by atoms with Gasteiger partial charge in [-0.1, -0.05) is 13.8 Å². The standard InChI is InChI=1S/C16H31NO2/c1-3-16(4-2)13-14(9-12-19-16)17-10-5-7-15-8-6-11-18-15/h14-15,17H,3-13H2,1-2H3. The van der Waals surface area contributed by atoms with E-state index in [1.54, 1.807) is 0 Å². The molecular weight excluding hydrogens is 238 g/mol. The van der Waals surface area contributed by atoms with Gasteiger partial charge in [0.15, 0.2) is 0 Å². The summed E-state index contributed by atoms with van der Waals surface area (Å²) in [5, 5.41) is 3.73. The first kappa shape index (κ1) is 15.3. The third-order valence-electron chi connectivity index (χ3n) is 4.94. The minimum absolute atomic E-state index is 0.143. The van der Waals surface area contributed by atoms with Crippen molar-refractivity contribution in [3.8, 4) is 0 Å². The molecule has 3 heteroatoms. The van der Waals surface area contributed by atoms with Gasteiger partial charge in [0.05, 0.1) is 11.7 Å². The Morgan fingerprint density at radius 1 is 1.16 bits per heavy atom. The summed E-state index contributed by atoms with van der Waals surface area (Å²) in [5.41, 5.74) is 0.143. The third-order valence-corrected chi connectivity index (χ3v) is 4.94. The van der Waals surface area contributed by atoms with Crippen molar-refractivity contribution in [3.05, 3.63) is 0 Å². The topological polar surface area (TPSA) is 30.5 Å². The van der Waals surface area contributed by atoms with Gasteiger partial charge in [-0.2, -0.15) is 0 Å². The van der Waals surface area contributed by atoms with Gasteiger partial charge >= 0.3 is 0 Å². The van der Waals surface area contributed by atoms with E-state index in [4.69, 9.17) is 9.47 Å². The van der Waals surface area contributed by atoms with Crippen molar-refractivity contribution in [2.45, 2.75) is 83.0 Å². The lowest BCUT2D eigenvalue weighted by Crippen LogP contribution is -2.46. The third kappa shape index (κ3) is 4.44. The summed E-state index contributed by atoms with van der Waals surface area (Å²) in [4.78, 5) is 0. The molecule has 0 aliphatic carbocycles. The van der Waals surface area contributed by atoms with Crippen LogP contribution >= 0.6 is 0 Å². The normalized spacial score (nSPS) is 30.6. The smallest absolute Gasteiger partial charge is 0.0692 e. The van der Waals surface area contributed by atoms with E-state index < -0.39 is 0 Å². The minimum Gasteiger partial charge on any atom is -0.378 e. The van der Waals surface area contributed by atoms with Crippen LogP contribution in [0.3, 0.4) is 0 Å². The van der Waals surface area contributed by atoms with E-state index in [2.05, 4.69) is 19.2 Å². The molecule has 0 saturated carbocycles. The maximum Gasteiger partial charge on any atom is 0.0692 e. The monoisotopic (exact) mass is 269 g/mol. The second-order valence-electron chi connectivity index (χ2n) is 6.16. The first-order chi connectivity index (χ1) is 9.28. The zero-order chi connectivity index (χ0) is 13.6. The van der Waals surface area contributed by atoms with Gasteiger partial charge < -0.3 is 14.8 Å². The van der Waals surface area contributed by atoms with Gasteiger partial charge in [0.1, 0.15) is 0 Å². The molecular formula is C16H31NO2. The van der Waals surface area contributed by atoms with Crippen molar-refractivity contribution >= 4 is 0 Å². The van der Waals surface area contributed by atoms with Gasteiger partial charge in [0.2, 0.25) is 0 Å². The summed E-state index contributed by atoms with van der Waals surface area (Å²) in [6.45, 7) is 7.54. The maximum atomic E-state index is 6.02. The zero-order valence-corrected chi connectivity index (χ0v) is 12.7. The van der Waals surface area contributed by atoms with Crippen molar-refractivity contribution in [1.29, 1.82) is 0 Å². The van der Waals surface area contributed by atoms with E-state index in [9.17, 15) is 0 Å². The highest BCUT2D eigenvalue weighted by Gasteiger charge is 2.34. The Bertz CT molecular complexity index is 247. The molecule has 2 fully saturated rings. The second kappa shape index (κ2) is 7.61. The molecule has 2 rings (SSSR count). The lowest BCUT2D eigenvalue weighted by Gasteiger charge is -2.40. The number of hydrogen-bond donors (Lipinski definition) is 1. The van der Waals surface area contributed by atoms with E-state index in [1.165, 1.54) is 38.5 Å². The average molecular weight is 269 g/mol. The fourth-order valence-corrected chi connectivity index (χ4v) is 3.45. The van der Waals surface area contributed by atoms with Gasteiger partial charge in [-0.3, -0.25) is 0 Å². The number of hydrogen-bond acceptors (Lipinski definition) is 3. The highest BCUT2D eigenvalue weighted by molar-refractivity contribution is 4.88. The zero-order valence-electron chi connectivity index (χ0n) is 12.7. The molecule has 2 saturated heterocycles. The van der Waals surface area contributed by atoms with Crippen molar-refractivity contribution in [2.75, 3.05) is 19.8 Å². The molecule has 0 aromatic rings. The predicted molar refractivity (Wildman–Crippen MR) is 78.5 cm³/mol. The van der Waals surface area contributed by atoms with Crippen LogP contribution in [0.5, 0.6) is 0 Å². The minimum atomic E-state index is 0.143. The molecule has 112 valence electrons. The fourth-order valence-electron chi connectivity index (χ4n) is 3.45. The quantitative estimate of drug-likeness (QED) is 0.720. The van der Waals surface area contributed by atoms with Crippen molar-refractivity contribution < 1.29 is 9.47 Å². The Balaban J connectivity index is 1.62. The highest BCUT2D eigenvalue weighted by atomic mass is 16.5. The van der Waals surface area contributed by atoms with Crippen molar-refractivity contribution in [3.63, 3.8) is 0 Å². The molecule has 0 amide bonds. The SMILES string of the molecule is CCC1(CC)CC(NCCCC2CCCO2)CCO1. The summed E-state index contributed by atoms with van der Waals surface area (Å²) < 4.78 is 11.7. The molecule has 0 aromatic heterocycles. The number of rotatable bonds is 7. The first-order valence-corrected chi connectivity index (χ1v) is 8.27. The van der Waals surface area contributed by atoms with E-state index in [0.29, 0.717) is 12.1 Å². The van der Waals surface area contributed by atoms with Crippen LogP contribution in [0.1, 0.15) is 65.2 Å². The first-order valence-electron chi connectivity index (χ1n) is 8.27. The van der Waals surface area contributed by atoms with Crippen LogP contribution in [-0.4, -0.2) is 37.5 Å². The average Bonchev–Trinajstić information content (AvgIpc) is 2.97. The number of nitrogens with one attached hydrogen (secondary N) is 1. The molecule has 2 heterocycles. The Hall–Kier alpha value is -0.120.